The molecule has 0 aliphatic heterocycles. The Morgan fingerprint density at radius 2 is 1.71 bits per heavy atom. The van der Waals surface area contributed by atoms with E-state index in [1.54, 1.807) is 18.3 Å². The third kappa shape index (κ3) is 4.17. The van der Waals surface area contributed by atoms with Crippen molar-refractivity contribution in [3.63, 3.8) is 0 Å². The van der Waals surface area contributed by atoms with E-state index < -0.39 is 0 Å². The summed E-state index contributed by atoms with van der Waals surface area (Å²) >= 11 is 3.41. The van der Waals surface area contributed by atoms with Crippen molar-refractivity contribution in [2.75, 3.05) is 10.6 Å². The maximum atomic E-state index is 12.9. The van der Waals surface area contributed by atoms with Crippen molar-refractivity contribution in [1.82, 2.24) is 4.98 Å². The lowest BCUT2D eigenvalue weighted by Crippen LogP contribution is -2.13. The second-order valence-corrected chi connectivity index (χ2v) is 5.94. The van der Waals surface area contributed by atoms with Crippen LogP contribution in [0.1, 0.15) is 10.5 Å². The molecule has 6 heteroatoms. The van der Waals surface area contributed by atoms with Crippen molar-refractivity contribution < 1.29 is 9.18 Å². The predicted molar refractivity (Wildman–Crippen MR) is 96.0 cm³/mol. The van der Waals surface area contributed by atoms with Crippen LogP contribution >= 0.6 is 15.9 Å². The van der Waals surface area contributed by atoms with Gasteiger partial charge in [-0.1, -0.05) is 22.0 Å². The van der Waals surface area contributed by atoms with Gasteiger partial charge in [-0.2, -0.15) is 0 Å². The maximum Gasteiger partial charge on any atom is 0.274 e. The summed E-state index contributed by atoms with van der Waals surface area (Å²) in [5, 5.41) is 5.87. The summed E-state index contributed by atoms with van der Waals surface area (Å²) in [6.07, 6.45) is 1.58. The van der Waals surface area contributed by atoms with E-state index in [4.69, 9.17) is 0 Å². The van der Waals surface area contributed by atoms with Crippen LogP contribution in [0, 0.1) is 5.82 Å². The highest BCUT2D eigenvalue weighted by Crippen LogP contribution is 2.20. The van der Waals surface area contributed by atoms with Crippen LogP contribution in [0.3, 0.4) is 0 Å². The molecule has 1 aromatic heterocycles. The van der Waals surface area contributed by atoms with Gasteiger partial charge in [-0.15, -0.1) is 0 Å². The van der Waals surface area contributed by atoms with Gasteiger partial charge in [0.2, 0.25) is 0 Å². The third-order valence-corrected chi connectivity index (χ3v) is 3.70. The van der Waals surface area contributed by atoms with E-state index in [2.05, 4.69) is 31.5 Å². The highest BCUT2D eigenvalue weighted by atomic mass is 79.9. The molecule has 1 amide bonds. The lowest BCUT2D eigenvalue weighted by atomic mass is 10.2. The topological polar surface area (TPSA) is 54.0 Å². The molecule has 0 aliphatic carbocycles. The number of amides is 1. The molecule has 3 aromatic rings. The van der Waals surface area contributed by atoms with Crippen molar-refractivity contribution in [3.05, 3.63) is 82.8 Å². The molecular formula is C18H13BrFN3O. The van der Waals surface area contributed by atoms with Gasteiger partial charge in [-0.3, -0.25) is 4.79 Å². The highest BCUT2D eigenvalue weighted by molar-refractivity contribution is 9.10. The largest absolute Gasteiger partial charge is 0.354 e. The van der Waals surface area contributed by atoms with E-state index in [-0.39, 0.29) is 17.4 Å². The van der Waals surface area contributed by atoms with Gasteiger partial charge in [-0.05, 0) is 54.6 Å². The predicted octanol–water partition coefficient (Wildman–Crippen LogP) is 4.98. The van der Waals surface area contributed by atoms with Gasteiger partial charge < -0.3 is 10.6 Å². The van der Waals surface area contributed by atoms with Crippen LogP contribution in [0.2, 0.25) is 0 Å². The second-order valence-electron chi connectivity index (χ2n) is 5.03. The first-order chi connectivity index (χ1) is 11.6. The maximum absolute atomic E-state index is 12.9. The number of rotatable bonds is 4. The van der Waals surface area contributed by atoms with E-state index in [0.29, 0.717) is 5.69 Å². The molecule has 0 fully saturated rings. The van der Waals surface area contributed by atoms with Gasteiger partial charge in [-0.25, -0.2) is 9.37 Å². The van der Waals surface area contributed by atoms with Crippen molar-refractivity contribution >= 4 is 38.9 Å². The van der Waals surface area contributed by atoms with Crippen LogP contribution in [-0.4, -0.2) is 10.9 Å². The molecule has 0 spiro atoms. The molecule has 24 heavy (non-hydrogen) atoms. The molecular weight excluding hydrogens is 373 g/mol. The summed E-state index contributed by atoms with van der Waals surface area (Å²) in [5.41, 5.74) is 2.47. The van der Waals surface area contributed by atoms with E-state index in [1.165, 1.54) is 24.3 Å². The Bertz CT molecular complexity index is 851. The lowest BCUT2D eigenvalue weighted by molar-refractivity contribution is 0.102. The molecule has 0 atom stereocenters. The monoisotopic (exact) mass is 385 g/mol. The lowest BCUT2D eigenvalue weighted by Gasteiger charge is -2.08. The minimum atomic E-state index is -0.353. The molecule has 0 saturated carbocycles. The number of nitrogens with one attached hydrogen (secondary N) is 2. The SMILES string of the molecule is O=C(Nc1ccc(F)cc1)c1ccc(Nc2cccc(Br)c2)cn1. The van der Waals surface area contributed by atoms with Crippen LogP contribution in [0.25, 0.3) is 0 Å². The number of aromatic nitrogens is 1. The fourth-order valence-corrected chi connectivity index (χ4v) is 2.46. The Morgan fingerprint density at radius 3 is 2.38 bits per heavy atom. The third-order valence-electron chi connectivity index (χ3n) is 3.21. The van der Waals surface area contributed by atoms with Crippen molar-refractivity contribution in [3.8, 4) is 0 Å². The van der Waals surface area contributed by atoms with Gasteiger partial charge in [0, 0.05) is 15.8 Å². The zero-order valence-corrected chi connectivity index (χ0v) is 14.0. The Morgan fingerprint density at radius 1 is 0.958 bits per heavy atom. The molecule has 0 radical (unpaired) electrons. The number of carbonyl (C=O) groups is 1. The van der Waals surface area contributed by atoms with Crippen LogP contribution in [-0.2, 0) is 0 Å². The van der Waals surface area contributed by atoms with E-state index in [1.807, 2.05) is 24.3 Å². The molecule has 0 saturated heterocycles. The number of anilines is 3. The number of halogens is 2. The zero-order chi connectivity index (χ0) is 16.9. The minimum absolute atomic E-state index is 0.277. The summed E-state index contributed by atoms with van der Waals surface area (Å²) in [7, 11) is 0. The first kappa shape index (κ1) is 16.1. The summed E-state index contributed by atoms with van der Waals surface area (Å²) in [6.45, 7) is 0. The van der Waals surface area contributed by atoms with Crippen LogP contribution < -0.4 is 10.6 Å². The highest BCUT2D eigenvalue weighted by Gasteiger charge is 2.08. The van der Waals surface area contributed by atoms with E-state index in [9.17, 15) is 9.18 Å². The minimum Gasteiger partial charge on any atom is -0.354 e. The number of nitrogens with zero attached hydrogens (tertiary/aromatic N) is 1. The van der Waals surface area contributed by atoms with Crippen LogP contribution in [0.15, 0.2) is 71.3 Å². The van der Waals surface area contributed by atoms with Crippen LogP contribution in [0.4, 0.5) is 21.5 Å². The number of pyridine rings is 1. The summed E-state index contributed by atoms with van der Waals surface area (Å²) in [6, 6.07) is 16.7. The zero-order valence-electron chi connectivity index (χ0n) is 12.5. The summed E-state index contributed by atoms with van der Waals surface area (Å²) in [4.78, 5) is 16.3. The Hall–Kier alpha value is -2.73. The first-order valence-electron chi connectivity index (χ1n) is 7.16. The fourth-order valence-electron chi connectivity index (χ4n) is 2.06. The van der Waals surface area contributed by atoms with Crippen LogP contribution in [0.5, 0.6) is 0 Å². The van der Waals surface area contributed by atoms with Crippen molar-refractivity contribution in [1.29, 1.82) is 0 Å². The average molecular weight is 386 g/mol. The van der Waals surface area contributed by atoms with Gasteiger partial charge in [0.1, 0.15) is 11.5 Å². The first-order valence-corrected chi connectivity index (χ1v) is 7.95. The number of hydrogen-bond donors (Lipinski definition) is 2. The van der Waals surface area contributed by atoms with E-state index in [0.717, 1.165) is 15.8 Å². The molecule has 1 heterocycles. The molecule has 4 nitrogen and oxygen atoms in total. The molecule has 0 aliphatic rings. The molecule has 2 N–H and O–H groups in total. The van der Waals surface area contributed by atoms with Gasteiger partial charge >= 0.3 is 0 Å². The average Bonchev–Trinajstić information content (AvgIpc) is 2.57. The number of carbonyl (C=O) groups excluding carboxylic acids is 1. The Kier molecular flexibility index (Phi) is 4.86. The molecule has 3 rings (SSSR count). The standard InChI is InChI=1S/C18H13BrFN3O/c19-12-2-1-3-15(10-12)22-16-8-9-17(21-11-16)18(24)23-14-6-4-13(20)5-7-14/h1-11,22H,(H,23,24). The second kappa shape index (κ2) is 7.23. The smallest absolute Gasteiger partial charge is 0.274 e. The van der Waals surface area contributed by atoms with E-state index >= 15 is 0 Å². The normalized spacial score (nSPS) is 10.2. The number of benzene rings is 2. The molecule has 0 bridgehead atoms. The van der Waals surface area contributed by atoms with Gasteiger partial charge in [0.25, 0.3) is 5.91 Å². The fraction of sp³-hybridized carbons (Fsp3) is 0. The number of hydrogen-bond acceptors (Lipinski definition) is 3. The Labute approximate surface area is 146 Å². The molecule has 0 unspecified atom stereocenters. The van der Waals surface area contributed by atoms with Crippen molar-refractivity contribution in [2.24, 2.45) is 0 Å². The van der Waals surface area contributed by atoms with Gasteiger partial charge in [0.15, 0.2) is 0 Å². The quantitative estimate of drug-likeness (QED) is 0.665. The molecule has 120 valence electrons. The van der Waals surface area contributed by atoms with Crippen molar-refractivity contribution in [2.45, 2.75) is 0 Å². The van der Waals surface area contributed by atoms with Gasteiger partial charge in [0.05, 0.1) is 11.9 Å². The summed E-state index contributed by atoms with van der Waals surface area (Å²) < 4.78 is 13.8. The Balaban J connectivity index is 1.67. The summed E-state index contributed by atoms with van der Waals surface area (Å²) in [5.74, 6) is -0.704. The molecule has 2 aromatic carbocycles.